The number of hydrogen-bond donors (Lipinski definition) is 1. The maximum absolute atomic E-state index is 12.1. The van der Waals surface area contributed by atoms with Crippen molar-refractivity contribution in [1.29, 1.82) is 0 Å². The van der Waals surface area contributed by atoms with E-state index in [2.05, 4.69) is 0 Å². The second-order valence-corrected chi connectivity index (χ2v) is 5.61. The van der Waals surface area contributed by atoms with Gasteiger partial charge in [0.15, 0.2) is 0 Å². The molecule has 0 aromatic heterocycles. The van der Waals surface area contributed by atoms with Crippen LogP contribution in [-0.2, 0) is 14.3 Å². The van der Waals surface area contributed by atoms with Gasteiger partial charge in [-0.3, -0.25) is 4.90 Å². The van der Waals surface area contributed by atoms with Crippen molar-refractivity contribution in [1.82, 2.24) is 4.90 Å². The maximum atomic E-state index is 12.1. The minimum atomic E-state index is -0.589. The molecule has 1 saturated carbocycles. The fraction of sp³-hybridized carbons (Fsp3) is 0.857. The summed E-state index contributed by atoms with van der Waals surface area (Å²) in [4.78, 5) is 25.4. The van der Waals surface area contributed by atoms with E-state index in [-0.39, 0.29) is 18.0 Å². The van der Waals surface area contributed by atoms with E-state index < -0.39 is 12.1 Å². The summed E-state index contributed by atoms with van der Waals surface area (Å²) in [7, 11) is 1.32. The summed E-state index contributed by atoms with van der Waals surface area (Å²) in [5.41, 5.74) is 0. The quantitative estimate of drug-likeness (QED) is 0.771. The molecule has 0 unspecified atom stereocenters. The summed E-state index contributed by atoms with van der Waals surface area (Å²) >= 11 is 0. The molecule has 0 bridgehead atoms. The summed E-state index contributed by atoms with van der Waals surface area (Å²) in [6, 6.07) is -0.589. The first kappa shape index (κ1) is 15.1. The molecule has 2 aliphatic rings. The largest absolute Gasteiger partial charge is 0.464 e. The van der Waals surface area contributed by atoms with Gasteiger partial charge in [-0.15, -0.1) is 0 Å². The highest BCUT2D eigenvalue weighted by Gasteiger charge is 2.44. The Morgan fingerprint density at radius 3 is 2.65 bits per heavy atom. The number of piperidine rings is 1. The summed E-state index contributed by atoms with van der Waals surface area (Å²) in [5, 5.41) is 9.78. The Balaban J connectivity index is 2.13. The van der Waals surface area contributed by atoms with Crippen LogP contribution in [0, 0.1) is 11.8 Å². The van der Waals surface area contributed by atoms with Gasteiger partial charge >= 0.3 is 12.1 Å². The third kappa shape index (κ3) is 3.06. The van der Waals surface area contributed by atoms with Gasteiger partial charge in [-0.2, -0.15) is 0 Å². The maximum Gasteiger partial charge on any atom is 0.410 e. The molecule has 1 amide bonds. The fourth-order valence-corrected chi connectivity index (χ4v) is 3.41. The molecule has 0 radical (unpaired) electrons. The topological polar surface area (TPSA) is 76.1 Å². The Bertz CT molecular complexity index is 373. The van der Waals surface area contributed by atoms with Crippen LogP contribution in [0.1, 0.15) is 32.6 Å². The van der Waals surface area contributed by atoms with E-state index in [9.17, 15) is 14.7 Å². The Hall–Kier alpha value is -1.30. The van der Waals surface area contributed by atoms with Crippen LogP contribution in [0.25, 0.3) is 0 Å². The van der Waals surface area contributed by atoms with Gasteiger partial charge in [0, 0.05) is 6.54 Å². The molecule has 2 rings (SSSR count). The van der Waals surface area contributed by atoms with Crippen LogP contribution >= 0.6 is 0 Å². The lowest BCUT2D eigenvalue weighted by Gasteiger charge is -2.45. The zero-order valence-corrected chi connectivity index (χ0v) is 12.1. The van der Waals surface area contributed by atoms with E-state index in [0.717, 1.165) is 12.8 Å². The number of aliphatic hydroxyl groups is 1. The van der Waals surface area contributed by atoms with Gasteiger partial charge in [0.1, 0.15) is 6.04 Å². The SMILES string of the molecule is CCOC(=O)[C@@H]1C[C@H]2C[C@@H](O)CC[C@H]2CN1C(=O)OC. The predicted octanol–water partition coefficient (Wildman–Crippen LogP) is 1.17. The lowest BCUT2D eigenvalue weighted by molar-refractivity contribution is -0.152. The highest BCUT2D eigenvalue weighted by atomic mass is 16.6. The molecule has 20 heavy (non-hydrogen) atoms. The van der Waals surface area contributed by atoms with Gasteiger partial charge < -0.3 is 14.6 Å². The number of ether oxygens (including phenoxy) is 2. The van der Waals surface area contributed by atoms with Gasteiger partial charge in [-0.25, -0.2) is 9.59 Å². The Labute approximate surface area is 119 Å². The number of amides is 1. The Morgan fingerprint density at radius 1 is 1.25 bits per heavy atom. The first-order chi connectivity index (χ1) is 9.56. The normalized spacial score (nSPS) is 33.2. The van der Waals surface area contributed by atoms with Crippen LogP contribution in [-0.4, -0.2) is 54.5 Å². The Morgan fingerprint density at radius 2 is 2.00 bits per heavy atom. The van der Waals surface area contributed by atoms with Crippen LogP contribution in [0.2, 0.25) is 0 Å². The van der Waals surface area contributed by atoms with Gasteiger partial charge in [0.05, 0.1) is 19.8 Å². The zero-order chi connectivity index (χ0) is 14.7. The van der Waals surface area contributed by atoms with E-state index >= 15 is 0 Å². The average Bonchev–Trinajstić information content (AvgIpc) is 2.45. The number of carbonyl (C=O) groups excluding carboxylic acids is 2. The molecule has 1 saturated heterocycles. The van der Waals surface area contributed by atoms with Crippen LogP contribution in [0.3, 0.4) is 0 Å². The average molecular weight is 285 g/mol. The van der Waals surface area contributed by atoms with Crippen molar-refractivity contribution in [2.75, 3.05) is 20.3 Å². The molecule has 0 spiro atoms. The predicted molar refractivity (Wildman–Crippen MR) is 71.0 cm³/mol. The molecule has 6 nitrogen and oxygen atoms in total. The van der Waals surface area contributed by atoms with Crippen LogP contribution in [0.5, 0.6) is 0 Å². The third-order valence-electron chi connectivity index (χ3n) is 4.41. The highest BCUT2D eigenvalue weighted by molar-refractivity contribution is 5.81. The standard InChI is InChI=1S/C14H23NO5/c1-3-20-13(17)12-7-10-6-11(16)5-4-9(10)8-15(12)14(18)19-2/h9-12,16H,3-8H2,1-2H3/t9-,10+,11-,12-/m0/s1. The molecule has 1 heterocycles. The lowest BCUT2D eigenvalue weighted by Crippen LogP contribution is -2.55. The third-order valence-corrected chi connectivity index (χ3v) is 4.41. The molecule has 0 aromatic rings. The monoisotopic (exact) mass is 285 g/mol. The van der Waals surface area contributed by atoms with E-state index in [0.29, 0.717) is 31.9 Å². The van der Waals surface area contributed by atoms with Crippen molar-refractivity contribution in [3.05, 3.63) is 0 Å². The summed E-state index contributed by atoms with van der Waals surface area (Å²) in [6.07, 6.45) is 2.14. The number of rotatable bonds is 2. The first-order valence-electron chi connectivity index (χ1n) is 7.26. The van der Waals surface area contributed by atoms with Gasteiger partial charge in [0.2, 0.25) is 0 Å². The Kier molecular flexibility index (Phi) is 4.86. The summed E-state index contributed by atoms with van der Waals surface area (Å²) < 4.78 is 9.84. The molecular formula is C14H23NO5. The molecule has 6 heteroatoms. The molecule has 1 aliphatic carbocycles. The minimum absolute atomic E-state index is 0.272. The number of carbonyl (C=O) groups is 2. The highest BCUT2D eigenvalue weighted by Crippen LogP contribution is 2.39. The van der Waals surface area contributed by atoms with Gasteiger partial charge in [-0.1, -0.05) is 0 Å². The number of aliphatic hydroxyl groups excluding tert-OH is 1. The second kappa shape index (κ2) is 6.43. The van der Waals surface area contributed by atoms with E-state index in [1.54, 1.807) is 6.92 Å². The van der Waals surface area contributed by atoms with Crippen molar-refractivity contribution in [3.63, 3.8) is 0 Å². The van der Waals surface area contributed by atoms with Crippen molar-refractivity contribution in [2.45, 2.75) is 44.8 Å². The molecule has 1 N–H and O–H groups in total. The molecular weight excluding hydrogens is 262 g/mol. The molecule has 1 aliphatic heterocycles. The smallest absolute Gasteiger partial charge is 0.410 e. The van der Waals surface area contributed by atoms with E-state index in [1.165, 1.54) is 12.0 Å². The zero-order valence-electron chi connectivity index (χ0n) is 12.1. The van der Waals surface area contributed by atoms with Crippen molar-refractivity contribution >= 4 is 12.1 Å². The minimum Gasteiger partial charge on any atom is -0.464 e. The van der Waals surface area contributed by atoms with E-state index in [1.807, 2.05) is 0 Å². The number of methoxy groups -OCH3 is 1. The van der Waals surface area contributed by atoms with E-state index in [4.69, 9.17) is 9.47 Å². The van der Waals surface area contributed by atoms with Gasteiger partial charge in [-0.05, 0) is 44.4 Å². The molecule has 114 valence electrons. The number of esters is 1. The van der Waals surface area contributed by atoms with Crippen molar-refractivity contribution in [3.8, 4) is 0 Å². The number of fused-ring (bicyclic) bond motifs is 1. The van der Waals surface area contributed by atoms with Crippen LogP contribution < -0.4 is 0 Å². The van der Waals surface area contributed by atoms with Gasteiger partial charge in [0.25, 0.3) is 0 Å². The van der Waals surface area contributed by atoms with Crippen molar-refractivity contribution < 1.29 is 24.2 Å². The van der Waals surface area contributed by atoms with Crippen molar-refractivity contribution in [2.24, 2.45) is 11.8 Å². The molecule has 2 fully saturated rings. The molecule has 4 atom stereocenters. The summed E-state index contributed by atoms with van der Waals surface area (Å²) in [6.45, 7) is 2.55. The molecule has 0 aromatic carbocycles. The number of hydrogen-bond acceptors (Lipinski definition) is 5. The van der Waals surface area contributed by atoms with Crippen LogP contribution in [0.15, 0.2) is 0 Å². The summed E-state index contributed by atoms with van der Waals surface area (Å²) in [5.74, 6) is 0.230. The number of nitrogens with zero attached hydrogens (tertiary/aromatic N) is 1. The second-order valence-electron chi connectivity index (χ2n) is 5.61. The lowest BCUT2D eigenvalue weighted by atomic mass is 9.72. The first-order valence-corrected chi connectivity index (χ1v) is 7.26. The fourth-order valence-electron chi connectivity index (χ4n) is 3.41. The number of likely N-dealkylation sites (tertiary alicyclic amines) is 1. The van der Waals surface area contributed by atoms with Crippen LogP contribution in [0.4, 0.5) is 4.79 Å².